The van der Waals surface area contributed by atoms with Crippen LogP contribution in [0.5, 0.6) is 0 Å². The molecule has 0 aliphatic carbocycles. The van der Waals surface area contributed by atoms with Gasteiger partial charge in [0.2, 0.25) is 5.91 Å². The predicted molar refractivity (Wildman–Crippen MR) is 90.7 cm³/mol. The number of fused-ring (bicyclic) bond motifs is 1. The quantitative estimate of drug-likeness (QED) is 0.734. The van der Waals surface area contributed by atoms with Crippen LogP contribution in [-0.4, -0.2) is 21.0 Å². The van der Waals surface area contributed by atoms with Crippen LogP contribution >= 0.6 is 23.4 Å². The van der Waals surface area contributed by atoms with Crippen LogP contribution in [0.3, 0.4) is 0 Å². The Balaban J connectivity index is 1.66. The number of anilines is 1. The number of aromatic nitrogens is 2. The maximum Gasteiger partial charge on any atom is 0.234 e. The first-order valence-corrected chi connectivity index (χ1v) is 8.11. The molecule has 0 unspecified atom stereocenters. The average molecular weight is 332 g/mol. The summed E-state index contributed by atoms with van der Waals surface area (Å²) in [6.45, 7) is 1.88. The molecule has 0 aliphatic heterocycles. The van der Waals surface area contributed by atoms with Gasteiger partial charge in [-0.2, -0.15) is 0 Å². The highest BCUT2D eigenvalue weighted by atomic mass is 35.5. The molecule has 0 spiro atoms. The van der Waals surface area contributed by atoms with E-state index in [9.17, 15) is 4.79 Å². The second kappa shape index (κ2) is 6.42. The van der Waals surface area contributed by atoms with Gasteiger partial charge in [-0.05, 0) is 36.8 Å². The van der Waals surface area contributed by atoms with Crippen LogP contribution in [0.25, 0.3) is 5.52 Å². The molecule has 1 aromatic carbocycles. The second-order valence-electron chi connectivity index (χ2n) is 4.79. The zero-order chi connectivity index (χ0) is 15.5. The van der Waals surface area contributed by atoms with Gasteiger partial charge in [-0.3, -0.25) is 9.20 Å². The van der Waals surface area contributed by atoms with Gasteiger partial charge in [0.15, 0.2) is 5.16 Å². The van der Waals surface area contributed by atoms with Crippen molar-refractivity contribution in [2.75, 3.05) is 11.1 Å². The molecule has 3 rings (SSSR count). The fourth-order valence-corrected chi connectivity index (χ4v) is 3.02. The Kier molecular flexibility index (Phi) is 4.36. The van der Waals surface area contributed by atoms with Gasteiger partial charge < -0.3 is 5.32 Å². The third-order valence-electron chi connectivity index (χ3n) is 3.28. The average Bonchev–Trinajstić information content (AvgIpc) is 2.93. The SMILES string of the molecule is Cc1c(Cl)cccc1NC(=O)CSc1ncc2ccccn12. The number of carbonyl (C=O) groups excluding carboxylic acids is 1. The molecule has 112 valence electrons. The fourth-order valence-electron chi connectivity index (χ4n) is 2.09. The van der Waals surface area contributed by atoms with E-state index in [0.29, 0.717) is 10.8 Å². The van der Waals surface area contributed by atoms with Crippen molar-refractivity contribution < 1.29 is 4.79 Å². The molecular formula is C16H14ClN3OS. The monoisotopic (exact) mass is 331 g/mol. The Labute approximate surface area is 137 Å². The Hall–Kier alpha value is -1.98. The highest BCUT2D eigenvalue weighted by Crippen LogP contribution is 2.24. The van der Waals surface area contributed by atoms with Crippen molar-refractivity contribution in [1.82, 2.24) is 9.38 Å². The lowest BCUT2D eigenvalue weighted by atomic mass is 10.2. The molecule has 0 fully saturated rings. The van der Waals surface area contributed by atoms with E-state index in [1.807, 2.05) is 47.9 Å². The number of benzene rings is 1. The maximum atomic E-state index is 12.1. The zero-order valence-electron chi connectivity index (χ0n) is 11.9. The van der Waals surface area contributed by atoms with Gasteiger partial charge in [-0.15, -0.1) is 0 Å². The molecule has 2 heterocycles. The lowest BCUT2D eigenvalue weighted by Crippen LogP contribution is -2.15. The molecule has 22 heavy (non-hydrogen) atoms. The number of halogens is 1. The van der Waals surface area contributed by atoms with Gasteiger partial charge >= 0.3 is 0 Å². The Bertz CT molecular complexity index is 831. The summed E-state index contributed by atoms with van der Waals surface area (Å²) in [6.07, 6.45) is 3.73. The van der Waals surface area contributed by atoms with Crippen LogP contribution in [-0.2, 0) is 4.79 Å². The summed E-state index contributed by atoms with van der Waals surface area (Å²) >= 11 is 7.45. The molecule has 2 aromatic heterocycles. The Morgan fingerprint density at radius 1 is 1.32 bits per heavy atom. The van der Waals surface area contributed by atoms with E-state index < -0.39 is 0 Å². The van der Waals surface area contributed by atoms with E-state index in [1.165, 1.54) is 11.8 Å². The van der Waals surface area contributed by atoms with E-state index in [-0.39, 0.29) is 5.91 Å². The van der Waals surface area contributed by atoms with Crippen LogP contribution < -0.4 is 5.32 Å². The molecule has 0 atom stereocenters. The van der Waals surface area contributed by atoms with Gasteiger partial charge in [0.05, 0.1) is 17.5 Å². The standard InChI is InChI=1S/C16H14ClN3OS/c1-11-13(17)6-4-7-14(11)19-15(21)10-22-16-18-9-12-5-2-3-8-20(12)16/h2-9H,10H2,1H3,(H,19,21). The van der Waals surface area contributed by atoms with Crippen molar-refractivity contribution in [2.24, 2.45) is 0 Å². The second-order valence-corrected chi connectivity index (χ2v) is 6.14. The Morgan fingerprint density at radius 3 is 3.05 bits per heavy atom. The number of amides is 1. The maximum absolute atomic E-state index is 12.1. The highest BCUT2D eigenvalue weighted by Gasteiger charge is 2.10. The van der Waals surface area contributed by atoms with Crippen molar-refractivity contribution in [1.29, 1.82) is 0 Å². The van der Waals surface area contributed by atoms with Crippen LogP contribution in [0.1, 0.15) is 5.56 Å². The molecule has 4 nitrogen and oxygen atoms in total. The number of thioether (sulfide) groups is 1. The zero-order valence-corrected chi connectivity index (χ0v) is 13.5. The number of hydrogen-bond acceptors (Lipinski definition) is 3. The van der Waals surface area contributed by atoms with E-state index in [0.717, 1.165) is 21.9 Å². The van der Waals surface area contributed by atoms with Crippen molar-refractivity contribution in [3.63, 3.8) is 0 Å². The first-order chi connectivity index (χ1) is 10.6. The van der Waals surface area contributed by atoms with Crippen molar-refractivity contribution in [2.45, 2.75) is 12.1 Å². The lowest BCUT2D eigenvalue weighted by Gasteiger charge is -2.09. The summed E-state index contributed by atoms with van der Waals surface area (Å²) in [7, 11) is 0. The summed E-state index contributed by atoms with van der Waals surface area (Å²) in [4.78, 5) is 16.4. The fraction of sp³-hybridized carbons (Fsp3) is 0.125. The number of rotatable bonds is 4. The summed E-state index contributed by atoms with van der Waals surface area (Å²) in [5.41, 5.74) is 2.62. The van der Waals surface area contributed by atoms with Gasteiger partial charge in [-0.1, -0.05) is 35.5 Å². The normalized spacial score (nSPS) is 10.8. The smallest absolute Gasteiger partial charge is 0.234 e. The lowest BCUT2D eigenvalue weighted by molar-refractivity contribution is -0.113. The first kappa shape index (κ1) is 14.9. The molecule has 0 radical (unpaired) electrons. The summed E-state index contributed by atoms with van der Waals surface area (Å²) < 4.78 is 1.96. The molecule has 1 amide bonds. The first-order valence-electron chi connectivity index (χ1n) is 6.75. The number of imidazole rings is 1. The van der Waals surface area contributed by atoms with E-state index in [4.69, 9.17) is 11.6 Å². The summed E-state index contributed by atoms with van der Waals surface area (Å²) in [6, 6.07) is 11.3. The minimum atomic E-state index is -0.0805. The molecule has 3 aromatic rings. The third-order valence-corrected chi connectivity index (χ3v) is 4.66. The van der Waals surface area contributed by atoms with Gasteiger partial charge in [-0.25, -0.2) is 4.98 Å². The Morgan fingerprint density at radius 2 is 2.18 bits per heavy atom. The molecular weight excluding hydrogens is 318 g/mol. The van der Waals surface area contributed by atoms with Crippen LogP contribution in [0.4, 0.5) is 5.69 Å². The molecule has 1 N–H and O–H groups in total. The number of nitrogens with one attached hydrogen (secondary N) is 1. The van der Waals surface area contributed by atoms with Crippen LogP contribution in [0, 0.1) is 6.92 Å². The third kappa shape index (κ3) is 3.10. The van der Waals surface area contributed by atoms with E-state index >= 15 is 0 Å². The van der Waals surface area contributed by atoms with Gasteiger partial charge in [0, 0.05) is 16.9 Å². The predicted octanol–water partition coefficient (Wildman–Crippen LogP) is 4.03. The van der Waals surface area contributed by atoms with E-state index in [1.54, 1.807) is 12.3 Å². The molecule has 6 heteroatoms. The minimum absolute atomic E-state index is 0.0805. The van der Waals surface area contributed by atoms with Gasteiger partial charge in [0.25, 0.3) is 0 Å². The number of pyridine rings is 1. The van der Waals surface area contributed by atoms with E-state index in [2.05, 4.69) is 10.3 Å². The van der Waals surface area contributed by atoms with Gasteiger partial charge in [0.1, 0.15) is 0 Å². The summed E-state index contributed by atoms with van der Waals surface area (Å²) in [5, 5.41) is 4.32. The summed E-state index contributed by atoms with van der Waals surface area (Å²) in [5.74, 6) is 0.211. The molecule has 0 bridgehead atoms. The van der Waals surface area contributed by atoms with Crippen molar-refractivity contribution >= 4 is 40.5 Å². The van der Waals surface area contributed by atoms with Crippen LogP contribution in [0.15, 0.2) is 53.9 Å². The van der Waals surface area contributed by atoms with Crippen molar-refractivity contribution in [3.8, 4) is 0 Å². The highest BCUT2D eigenvalue weighted by molar-refractivity contribution is 7.99. The number of hydrogen-bond donors (Lipinski definition) is 1. The topological polar surface area (TPSA) is 46.4 Å². The molecule has 0 saturated heterocycles. The minimum Gasteiger partial charge on any atom is -0.325 e. The number of carbonyl (C=O) groups is 1. The largest absolute Gasteiger partial charge is 0.325 e. The van der Waals surface area contributed by atoms with Crippen molar-refractivity contribution in [3.05, 3.63) is 59.4 Å². The molecule has 0 aliphatic rings. The molecule has 0 saturated carbocycles. The van der Waals surface area contributed by atoms with Crippen LogP contribution in [0.2, 0.25) is 5.02 Å². The number of nitrogens with zero attached hydrogens (tertiary/aromatic N) is 2.